The van der Waals surface area contributed by atoms with Gasteiger partial charge in [0.15, 0.2) is 5.78 Å². The minimum Gasteiger partial charge on any atom is -0.295 e. The van der Waals surface area contributed by atoms with Crippen LogP contribution in [0.3, 0.4) is 0 Å². The molecule has 0 fully saturated rings. The van der Waals surface area contributed by atoms with Crippen molar-refractivity contribution in [3.63, 3.8) is 0 Å². The summed E-state index contributed by atoms with van der Waals surface area (Å²) < 4.78 is 0. The number of hydrogen-bond acceptors (Lipinski definition) is 1. The lowest BCUT2D eigenvalue weighted by molar-refractivity contribution is -0.114. The number of ketones is 1. The monoisotopic (exact) mass is 152 g/mol. The molecule has 0 unspecified atom stereocenters. The Hall–Kier alpha value is -0.850. The Morgan fingerprint density at radius 2 is 1.91 bits per heavy atom. The average molecular weight is 152 g/mol. The highest BCUT2D eigenvalue weighted by atomic mass is 16.1. The van der Waals surface area contributed by atoms with Crippen molar-refractivity contribution in [3.05, 3.63) is 23.8 Å². The van der Waals surface area contributed by atoms with Crippen molar-refractivity contribution in [2.45, 2.75) is 33.6 Å². The number of Topliss-reactive ketones (excluding diaryl/α,β-unsaturated/α-hetero) is 1. The summed E-state index contributed by atoms with van der Waals surface area (Å²) in [5.74, 6) is 0.282. The van der Waals surface area contributed by atoms with Gasteiger partial charge in [-0.15, -0.1) is 0 Å². The highest BCUT2D eigenvalue weighted by Gasteiger charge is 2.15. The maximum atomic E-state index is 10.8. The fourth-order valence-electron chi connectivity index (χ4n) is 1.06. The molecular weight excluding hydrogens is 136 g/mol. The Morgan fingerprint density at radius 3 is 2.09 bits per heavy atom. The van der Waals surface area contributed by atoms with E-state index >= 15 is 0 Å². The largest absolute Gasteiger partial charge is 0.295 e. The van der Waals surface area contributed by atoms with Gasteiger partial charge in [0, 0.05) is 6.42 Å². The Bertz CT molecular complexity index is 187. The van der Waals surface area contributed by atoms with Gasteiger partial charge in [-0.05, 0) is 24.5 Å². The van der Waals surface area contributed by atoms with Crippen molar-refractivity contribution in [2.75, 3.05) is 0 Å². The summed E-state index contributed by atoms with van der Waals surface area (Å²) in [6.07, 6.45) is 3.36. The lowest BCUT2D eigenvalue weighted by atomic mass is 10.2. The van der Waals surface area contributed by atoms with Gasteiger partial charge in [-0.3, -0.25) is 4.79 Å². The van der Waals surface area contributed by atoms with Crippen molar-refractivity contribution < 1.29 is 4.79 Å². The van der Waals surface area contributed by atoms with E-state index in [9.17, 15) is 4.79 Å². The zero-order chi connectivity index (χ0) is 8.85. The van der Waals surface area contributed by atoms with Gasteiger partial charge in [-0.1, -0.05) is 26.5 Å². The molecule has 0 spiro atoms. The molecule has 0 amide bonds. The minimum absolute atomic E-state index is 0.282. The Balaban J connectivity index is 0.000000461. The fraction of sp³-hybridized carbons (Fsp3) is 0.500. The van der Waals surface area contributed by atoms with E-state index < -0.39 is 0 Å². The number of carbonyl (C=O) groups excluding carboxylic acids is 1. The molecule has 0 aromatic rings. The van der Waals surface area contributed by atoms with Crippen molar-refractivity contribution in [1.82, 2.24) is 0 Å². The minimum atomic E-state index is 0.282. The number of carbonyl (C=O) groups is 1. The number of rotatable bonds is 1. The Labute approximate surface area is 68.8 Å². The second-order valence-electron chi connectivity index (χ2n) is 2.28. The molecule has 0 bridgehead atoms. The van der Waals surface area contributed by atoms with E-state index in [1.165, 1.54) is 0 Å². The van der Waals surface area contributed by atoms with E-state index in [2.05, 4.69) is 6.58 Å². The summed E-state index contributed by atoms with van der Waals surface area (Å²) in [7, 11) is 0. The molecule has 0 N–H and O–H groups in total. The molecule has 0 aliphatic heterocycles. The topological polar surface area (TPSA) is 17.1 Å². The molecule has 0 atom stereocenters. The van der Waals surface area contributed by atoms with E-state index in [0.717, 1.165) is 17.6 Å². The SMILES string of the molecule is C=CC1=C(C)C(=O)CC1.CC. The highest BCUT2D eigenvalue weighted by molar-refractivity contribution is 5.98. The molecule has 1 nitrogen and oxygen atoms in total. The van der Waals surface area contributed by atoms with Crippen LogP contribution in [-0.2, 0) is 4.79 Å². The summed E-state index contributed by atoms with van der Waals surface area (Å²) in [6.45, 7) is 9.48. The maximum Gasteiger partial charge on any atom is 0.159 e. The van der Waals surface area contributed by atoms with Gasteiger partial charge in [0.2, 0.25) is 0 Å². The number of hydrogen-bond donors (Lipinski definition) is 0. The van der Waals surface area contributed by atoms with E-state index in [1.807, 2.05) is 20.8 Å². The lowest BCUT2D eigenvalue weighted by Gasteiger charge is -1.88. The molecule has 0 saturated carbocycles. The second-order valence-corrected chi connectivity index (χ2v) is 2.28. The first-order valence-electron chi connectivity index (χ1n) is 4.11. The first kappa shape index (κ1) is 10.2. The van der Waals surface area contributed by atoms with Crippen LogP contribution in [-0.4, -0.2) is 5.78 Å². The van der Waals surface area contributed by atoms with Gasteiger partial charge >= 0.3 is 0 Å². The zero-order valence-corrected chi connectivity index (χ0v) is 7.61. The van der Waals surface area contributed by atoms with Crippen LogP contribution >= 0.6 is 0 Å². The van der Waals surface area contributed by atoms with Crippen molar-refractivity contribution in [3.8, 4) is 0 Å². The van der Waals surface area contributed by atoms with E-state index in [-0.39, 0.29) is 5.78 Å². The van der Waals surface area contributed by atoms with Gasteiger partial charge in [0.05, 0.1) is 0 Å². The summed E-state index contributed by atoms with van der Waals surface area (Å²) in [4.78, 5) is 10.8. The molecule has 0 heterocycles. The van der Waals surface area contributed by atoms with Crippen molar-refractivity contribution in [1.29, 1.82) is 0 Å². The third-order valence-corrected chi connectivity index (χ3v) is 1.77. The normalized spacial score (nSPS) is 16.1. The molecule has 11 heavy (non-hydrogen) atoms. The highest BCUT2D eigenvalue weighted by Crippen LogP contribution is 2.22. The van der Waals surface area contributed by atoms with Gasteiger partial charge in [0.1, 0.15) is 0 Å². The van der Waals surface area contributed by atoms with Crippen LogP contribution in [0.4, 0.5) is 0 Å². The molecular formula is C10H16O. The van der Waals surface area contributed by atoms with Crippen molar-refractivity contribution in [2.24, 2.45) is 0 Å². The summed E-state index contributed by atoms with van der Waals surface area (Å²) >= 11 is 0. The predicted octanol–water partition coefficient (Wildman–Crippen LogP) is 2.88. The van der Waals surface area contributed by atoms with Crippen LogP contribution in [0.15, 0.2) is 23.8 Å². The third kappa shape index (κ3) is 2.34. The molecule has 62 valence electrons. The quantitative estimate of drug-likeness (QED) is 0.564. The molecule has 1 heteroatoms. The summed E-state index contributed by atoms with van der Waals surface area (Å²) in [6, 6.07) is 0. The average Bonchev–Trinajstić information content (AvgIpc) is 2.37. The smallest absolute Gasteiger partial charge is 0.159 e. The van der Waals surface area contributed by atoms with Crippen LogP contribution in [0.25, 0.3) is 0 Å². The summed E-state index contributed by atoms with van der Waals surface area (Å²) in [5, 5.41) is 0. The van der Waals surface area contributed by atoms with Gasteiger partial charge in [-0.25, -0.2) is 0 Å². The van der Waals surface area contributed by atoms with Crippen molar-refractivity contribution >= 4 is 5.78 Å². The molecule has 0 aromatic carbocycles. The summed E-state index contributed by atoms with van der Waals surface area (Å²) in [5.41, 5.74) is 2.03. The Kier molecular flexibility index (Phi) is 4.51. The first-order chi connectivity index (χ1) is 5.25. The van der Waals surface area contributed by atoms with Gasteiger partial charge < -0.3 is 0 Å². The standard InChI is InChI=1S/C8H10O.C2H6/c1-3-7-4-5-8(9)6(7)2;1-2/h3H,1,4-5H2,2H3;1-2H3. The van der Waals surface area contributed by atoms with E-state index in [1.54, 1.807) is 6.08 Å². The first-order valence-corrected chi connectivity index (χ1v) is 4.11. The molecule has 0 saturated heterocycles. The van der Waals surface area contributed by atoms with Crippen LogP contribution < -0.4 is 0 Å². The second kappa shape index (κ2) is 4.89. The van der Waals surface area contributed by atoms with Crippen LogP contribution in [0.5, 0.6) is 0 Å². The lowest BCUT2D eigenvalue weighted by Crippen LogP contribution is -1.89. The van der Waals surface area contributed by atoms with E-state index in [4.69, 9.17) is 0 Å². The molecule has 1 aliphatic rings. The van der Waals surface area contributed by atoms with E-state index in [0.29, 0.717) is 6.42 Å². The molecule has 1 aliphatic carbocycles. The zero-order valence-electron chi connectivity index (χ0n) is 7.61. The third-order valence-electron chi connectivity index (χ3n) is 1.77. The molecule has 1 rings (SSSR count). The molecule has 0 radical (unpaired) electrons. The predicted molar refractivity (Wildman–Crippen MR) is 48.5 cm³/mol. The number of allylic oxidation sites excluding steroid dienone is 3. The molecule has 0 aromatic heterocycles. The maximum absolute atomic E-state index is 10.8. The van der Waals surface area contributed by atoms with Crippen LogP contribution in [0.2, 0.25) is 0 Å². The fourth-order valence-corrected chi connectivity index (χ4v) is 1.06. The Morgan fingerprint density at radius 1 is 1.36 bits per heavy atom. The van der Waals surface area contributed by atoms with Gasteiger partial charge in [0.25, 0.3) is 0 Å². The van der Waals surface area contributed by atoms with Gasteiger partial charge in [-0.2, -0.15) is 0 Å². The van der Waals surface area contributed by atoms with Crippen LogP contribution in [0, 0.1) is 0 Å². The van der Waals surface area contributed by atoms with Crippen LogP contribution in [0.1, 0.15) is 33.6 Å².